The van der Waals surface area contributed by atoms with E-state index in [0.29, 0.717) is 36.1 Å². The maximum absolute atomic E-state index is 9.27. The monoisotopic (exact) mass is 400 g/mol. The van der Waals surface area contributed by atoms with Crippen LogP contribution in [0.25, 0.3) is 11.1 Å². The highest BCUT2D eigenvalue weighted by atomic mass is 16.5. The predicted molar refractivity (Wildman–Crippen MR) is 118 cm³/mol. The summed E-state index contributed by atoms with van der Waals surface area (Å²) >= 11 is 0. The number of benzene rings is 3. The smallest absolute Gasteiger partial charge is 0.189 e. The Morgan fingerprint density at radius 1 is 0.967 bits per heavy atom. The van der Waals surface area contributed by atoms with E-state index in [0.717, 1.165) is 22.3 Å². The Hall–Kier alpha value is -3.98. The Bertz CT molecular complexity index is 1070. The molecule has 3 N–H and O–H groups in total. The summed E-state index contributed by atoms with van der Waals surface area (Å²) in [5.74, 6) is 1.70. The quantitative estimate of drug-likeness (QED) is 0.464. The van der Waals surface area contributed by atoms with Gasteiger partial charge >= 0.3 is 0 Å². The molecule has 0 fully saturated rings. The molecular weight excluding hydrogens is 376 g/mol. The third-order valence-electron chi connectivity index (χ3n) is 4.67. The Morgan fingerprint density at radius 2 is 1.67 bits per heavy atom. The number of hydrogen-bond acceptors (Lipinski definition) is 4. The van der Waals surface area contributed by atoms with Crippen molar-refractivity contribution < 1.29 is 9.47 Å². The zero-order chi connectivity index (χ0) is 21.3. The number of nitrogens with zero attached hydrogens (tertiary/aromatic N) is 2. The predicted octanol–water partition coefficient (Wildman–Crippen LogP) is 3.85. The number of methoxy groups -OCH3 is 2. The van der Waals surface area contributed by atoms with Gasteiger partial charge in [-0.25, -0.2) is 4.99 Å². The molecule has 3 aromatic carbocycles. The number of nitriles is 1. The molecule has 6 nitrogen and oxygen atoms in total. The second-order valence-electron chi connectivity index (χ2n) is 6.60. The van der Waals surface area contributed by atoms with Gasteiger partial charge in [0.1, 0.15) is 0 Å². The SMILES string of the molecule is COc1ccc(CN=C(N)NCc2ccc(-c3ccccc3C#N)cc2)cc1OC. The number of guanidine groups is 1. The zero-order valence-electron chi connectivity index (χ0n) is 17.1. The van der Waals surface area contributed by atoms with Crippen LogP contribution in [0.5, 0.6) is 11.5 Å². The van der Waals surface area contributed by atoms with Crippen molar-refractivity contribution >= 4 is 5.96 Å². The summed E-state index contributed by atoms with van der Waals surface area (Å²) in [5.41, 5.74) is 10.6. The molecule has 0 aliphatic heterocycles. The largest absolute Gasteiger partial charge is 0.493 e. The van der Waals surface area contributed by atoms with Gasteiger partial charge in [-0.2, -0.15) is 5.26 Å². The highest BCUT2D eigenvalue weighted by molar-refractivity contribution is 5.78. The van der Waals surface area contributed by atoms with Gasteiger partial charge in [-0.05, 0) is 40.5 Å². The van der Waals surface area contributed by atoms with Crippen LogP contribution in [-0.2, 0) is 13.1 Å². The lowest BCUT2D eigenvalue weighted by molar-refractivity contribution is 0.354. The van der Waals surface area contributed by atoms with E-state index >= 15 is 0 Å². The Kier molecular flexibility index (Phi) is 6.91. The van der Waals surface area contributed by atoms with Gasteiger partial charge in [-0.15, -0.1) is 0 Å². The molecule has 30 heavy (non-hydrogen) atoms. The lowest BCUT2D eigenvalue weighted by Gasteiger charge is -2.10. The van der Waals surface area contributed by atoms with Gasteiger partial charge in [0.05, 0.1) is 32.4 Å². The third kappa shape index (κ3) is 5.09. The van der Waals surface area contributed by atoms with E-state index in [2.05, 4.69) is 16.4 Å². The van der Waals surface area contributed by atoms with Crippen LogP contribution in [0.15, 0.2) is 71.7 Å². The molecule has 6 heteroatoms. The number of aliphatic imine (C=N–C) groups is 1. The van der Waals surface area contributed by atoms with Crippen molar-refractivity contribution in [1.29, 1.82) is 5.26 Å². The van der Waals surface area contributed by atoms with E-state index in [1.165, 1.54) is 0 Å². The summed E-state index contributed by atoms with van der Waals surface area (Å²) in [6.07, 6.45) is 0. The minimum absolute atomic E-state index is 0.365. The fourth-order valence-electron chi connectivity index (χ4n) is 3.04. The van der Waals surface area contributed by atoms with Gasteiger partial charge < -0.3 is 20.5 Å². The van der Waals surface area contributed by atoms with Crippen LogP contribution in [-0.4, -0.2) is 20.2 Å². The van der Waals surface area contributed by atoms with Crippen molar-refractivity contribution in [2.75, 3.05) is 14.2 Å². The minimum atomic E-state index is 0.365. The average Bonchev–Trinajstić information content (AvgIpc) is 2.81. The zero-order valence-corrected chi connectivity index (χ0v) is 17.1. The second kappa shape index (κ2) is 9.99. The van der Waals surface area contributed by atoms with Crippen LogP contribution in [0, 0.1) is 11.3 Å². The van der Waals surface area contributed by atoms with Crippen molar-refractivity contribution in [2.24, 2.45) is 10.7 Å². The molecule has 0 radical (unpaired) electrons. The first-order valence-electron chi connectivity index (χ1n) is 9.47. The molecule has 0 aliphatic carbocycles. The molecule has 0 atom stereocenters. The van der Waals surface area contributed by atoms with Crippen molar-refractivity contribution in [3.63, 3.8) is 0 Å². The maximum Gasteiger partial charge on any atom is 0.189 e. The summed E-state index contributed by atoms with van der Waals surface area (Å²) in [6.45, 7) is 0.991. The summed E-state index contributed by atoms with van der Waals surface area (Å²) in [7, 11) is 3.21. The molecule has 0 heterocycles. The first kappa shape index (κ1) is 20.7. The van der Waals surface area contributed by atoms with Crippen LogP contribution >= 0.6 is 0 Å². The van der Waals surface area contributed by atoms with Crippen LogP contribution in [0.4, 0.5) is 0 Å². The second-order valence-corrected chi connectivity index (χ2v) is 6.60. The first-order chi connectivity index (χ1) is 14.6. The number of hydrogen-bond donors (Lipinski definition) is 2. The highest BCUT2D eigenvalue weighted by Gasteiger charge is 2.05. The minimum Gasteiger partial charge on any atom is -0.493 e. The van der Waals surface area contributed by atoms with Gasteiger partial charge in [-0.1, -0.05) is 48.5 Å². The Labute approximate surface area is 176 Å². The van der Waals surface area contributed by atoms with Crippen molar-refractivity contribution in [3.05, 3.63) is 83.4 Å². The maximum atomic E-state index is 9.27. The van der Waals surface area contributed by atoms with E-state index in [4.69, 9.17) is 15.2 Å². The van der Waals surface area contributed by atoms with Gasteiger partial charge in [0.15, 0.2) is 17.5 Å². The fraction of sp³-hybridized carbons (Fsp3) is 0.167. The molecule has 0 spiro atoms. The van der Waals surface area contributed by atoms with Crippen LogP contribution in [0.1, 0.15) is 16.7 Å². The molecule has 152 valence electrons. The Balaban J connectivity index is 1.59. The number of nitrogens with two attached hydrogens (primary N) is 1. The highest BCUT2D eigenvalue weighted by Crippen LogP contribution is 2.27. The summed E-state index contributed by atoms with van der Waals surface area (Å²) < 4.78 is 10.5. The summed E-state index contributed by atoms with van der Waals surface area (Å²) in [4.78, 5) is 4.38. The molecule has 3 aromatic rings. The van der Waals surface area contributed by atoms with Crippen molar-refractivity contribution in [2.45, 2.75) is 13.1 Å². The van der Waals surface area contributed by atoms with E-state index in [1.54, 1.807) is 14.2 Å². The number of nitrogens with one attached hydrogen (secondary N) is 1. The molecule has 0 bridgehead atoms. The Morgan fingerprint density at radius 3 is 2.37 bits per heavy atom. The topological polar surface area (TPSA) is 92.7 Å². The molecular formula is C24H24N4O2. The number of rotatable bonds is 7. The van der Waals surface area contributed by atoms with Crippen molar-refractivity contribution in [1.82, 2.24) is 5.32 Å². The lowest BCUT2D eigenvalue weighted by Crippen LogP contribution is -2.31. The van der Waals surface area contributed by atoms with Crippen LogP contribution in [0.2, 0.25) is 0 Å². The van der Waals surface area contributed by atoms with Crippen LogP contribution in [0.3, 0.4) is 0 Å². The lowest BCUT2D eigenvalue weighted by atomic mass is 9.99. The molecule has 3 rings (SSSR count). The molecule has 0 saturated carbocycles. The van der Waals surface area contributed by atoms with E-state index < -0.39 is 0 Å². The molecule has 0 saturated heterocycles. The van der Waals surface area contributed by atoms with Gasteiger partial charge in [0, 0.05) is 6.54 Å². The number of ether oxygens (including phenoxy) is 2. The normalized spacial score (nSPS) is 10.9. The fourth-order valence-corrected chi connectivity index (χ4v) is 3.04. The van der Waals surface area contributed by atoms with Crippen molar-refractivity contribution in [3.8, 4) is 28.7 Å². The molecule has 0 aromatic heterocycles. The van der Waals surface area contributed by atoms with Gasteiger partial charge in [0.2, 0.25) is 0 Å². The molecule has 0 aliphatic rings. The van der Waals surface area contributed by atoms with E-state index in [9.17, 15) is 5.26 Å². The standard InChI is InChI=1S/C24H24N4O2/c1-29-22-12-9-18(13-23(22)30-2)16-28-24(26)27-15-17-7-10-19(11-8-17)21-6-4-3-5-20(21)14-25/h3-13H,15-16H2,1-2H3,(H3,26,27,28). The van der Waals surface area contributed by atoms with Crippen LogP contribution < -0.4 is 20.5 Å². The van der Waals surface area contributed by atoms with E-state index in [1.807, 2.05) is 66.7 Å². The van der Waals surface area contributed by atoms with Gasteiger partial charge in [0.25, 0.3) is 0 Å². The summed E-state index contributed by atoms with van der Waals surface area (Å²) in [5, 5.41) is 12.4. The van der Waals surface area contributed by atoms with Gasteiger partial charge in [-0.3, -0.25) is 0 Å². The first-order valence-corrected chi connectivity index (χ1v) is 9.47. The molecule has 0 amide bonds. The average molecular weight is 400 g/mol. The summed E-state index contributed by atoms with van der Waals surface area (Å²) in [6, 6.07) is 23.5. The molecule has 0 unspecified atom stereocenters. The third-order valence-corrected chi connectivity index (χ3v) is 4.67. The van der Waals surface area contributed by atoms with E-state index in [-0.39, 0.29) is 0 Å².